The lowest BCUT2D eigenvalue weighted by molar-refractivity contribution is -0.146. The molecule has 1 rings (SSSR count). The molecule has 1 saturated carbocycles. The first-order valence-corrected chi connectivity index (χ1v) is 8.05. The van der Waals surface area contributed by atoms with E-state index in [9.17, 15) is 18.0 Å². The second-order valence-corrected chi connectivity index (χ2v) is 7.02. The van der Waals surface area contributed by atoms with Crippen molar-refractivity contribution in [3.8, 4) is 0 Å². The first kappa shape index (κ1) is 14.9. The minimum Gasteiger partial charge on any atom is -0.481 e. The number of amides is 1. The number of carboxylic acids is 1. The SMILES string of the molecule is CS(=O)(=O)CCCNC(=O)C1CCCC1C(=O)O. The average molecular weight is 277 g/mol. The molecule has 0 aromatic rings. The van der Waals surface area contributed by atoms with E-state index in [0.717, 1.165) is 12.7 Å². The van der Waals surface area contributed by atoms with E-state index in [1.54, 1.807) is 0 Å². The molecule has 2 atom stereocenters. The van der Waals surface area contributed by atoms with Crippen molar-refractivity contribution in [2.45, 2.75) is 25.7 Å². The maximum atomic E-state index is 11.8. The molecular weight excluding hydrogens is 258 g/mol. The highest BCUT2D eigenvalue weighted by molar-refractivity contribution is 7.90. The largest absolute Gasteiger partial charge is 0.481 e. The molecule has 0 spiro atoms. The highest BCUT2D eigenvalue weighted by Gasteiger charge is 2.37. The second kappa shape index (κ2) is 6.17. The summed E-state index contributed by atoms with van der Waals surface area (Å²) in [6.07, 6.45) is 3.38. The van der Waals surface area contributed by atoms with E-state index in [1.807, 2.05) is 0 Å². The summed E-state index contributed by atoms with van der Waals surface area (Å²) in [5.41, 5.74) is 0. The van der Waals surface area contributed by atoms with Gasteiger partial charge < -0.3 is 10.4 Å². The van der Waals surface area contributed by atoms with Gasteiger partial charge in [0.25, 0.3) is 0 Å². The third kappa shape index (κ3) is 4.64. The summed E-state index contributed by atoms with van der Waals surface area (Å²) < 4.78 is 21.8. The minimum atomic E-state index is -3.01. The van der Waals surface area contributed by atoms with Crippen molar-refractivity contribution in [3.63, 3.8) is 0 Å². The van der Waals surface area contributed by atoms with Crippen molar-refractivity contribution in [1.82, 2.24) is 5.32 Å². The van der Waals surface area contributed by atoms with Crippen LogP contribution in [0.2, 0.25) is 0 Å². The maximum absolute atomic E-state index is 11.8. The van der Waals surface area contributed by atoms with Crippen LogP contribution < -0.4 is 5.32 Å². The second-order valence-electron chi connectivity index (χ2n) is 4.76. The zero-order chi connectivity index (χ0) is 13.8. The molecule has 0 aromatic carbocycles. The van der Waals surface area contributed by atoms with Crippen LogP contribution in [-0.2, 0) is 19.4 Å². The monoisotopic (exact) mass is 277 g/mol. The Balaban J connectivity index is 2.35. The van der Waals surface area contributed by atoms with Crippen LogP contribution in [0.4, 0.5) is 0 Å². The van der Waals surface area contributed by atoms with Crippen molar-refractivity contribution in [3.05, 3.63) is 0 Å². The van der Waals surface area contributed by atoms with Crippen molar-refractivity contribution in [2.75, 3.05) is 18.6 Å². The fourth-order valence-electron chi connectivity index (χ4n) is 2.25. The lowest BCUT2D eigenvalue weighted by atomic mass is 9.95. The number of hydrogen-bond acceptors (Lipinski definition) is 4. The summed E-state index contributed by atoms with van der Waals surface area (Å²) >= 11 is 0. The fourth-order valence-corrected chi connectivity index (χ4v) is 2.92. The fraction of sp³-hybridized carbons (Fsp3) is 0.818. The van der Waals surface area contributed by atoms with E-state index in [-0.39, 0.29) is 18.2 Å². The van der Waals surface area contributed by atoms with Gasteiger partial charge in [0.05, 0.1) is 17.6 Å². The van der Waals surface area contributed by atoms with Crippen molar-refractivity contribution in [2.24, 2.45) is 11.8 Å². The number of carbonyl (C=O) groups is 2. The lowest BCUT2D eigenvalue weighted by Crippen LogP contribution is -2.36. The Morgan fingerprint density at radius 2 is 1.89 bits per heavy atom. The van der Waals surface area contributed by atoms with Crippen LogP contribution in [0.15, 0.2) is 0 Å². The molecule has 18 heavy (non-hydrogen) atoms. The third-order valence-corrected chi connectivity index (χ3v) is 4.19. The quantitative estimate of drug-likeness (QED) is 0.667. The summed E-state index contributed by atoms with van der Waals surface area (Å²) in [6.45, 7) is 0.273. The Kier molecular flexibility index (Phi) is 5.13. The van der Waals surface area contributed by atoms with Crippen LogP contribution in [0.3, 0.4) is 0 Å². The Labute approximate surface area is 107 Å². The molecule has 2 N–H and O–H groups in total. The molecule has 7 heteroatoms. The van der Waals surface area contributed by atoms with E-state index in [4.69, 9.17) is 5.11 Å². The zero-order valence-corrected chi connectivity index (χ0v) is 11.2. The Morgan fingerprint density at radius 1 is 1.28 bits per heavy atom. The van der Waals surface area contributed by atoms with Crippen LogP contribution >= 0.6 is 0 Å². The van der Waals surface area contributed by atoms with Gasteiger partial charge in [-0.1, -0.05) is 6.42 Å². The van der Waals surface area contributed by atoms with Gasteiger partial charge in [-0.3, -0.25) is 9.59 Å². The molecule has 0 aromatic heterocycles. The van der Waals surface area contributed by atoms with Gasteiger partial charge in [-0.25, -0.2) is 8.42 Å². The maximum Gasteiger partial charge on any atom is 0.307 e. The average Bonchev–Trinajstić information content (AvgIpc) is 2.71. The van der Waals surface area contributed by atoms with Gasteiger partial charge in [0.2, 0.25) is 5.91 Å². The first-order valence-electron chi connectivity index (χ1n) is 5.99. The smallest absolute Gasteiger partial charge is 0.307 e. The molecule has 6 nitrogen and oxygen atoms in total. The van der Waals surface area contributed by atoms with Gasteiger partial charge in [-0.05, 0) is 19.3 Å². The molecule has 0 bridgehead atoms. The molecule has 0 radical (unpaired) electrons. The van der Waals surface area contributed by atoms with Gasteiger partial charge in [0.1, 0.15) is 9.84 Å². The standard InChI is InChI=1S/C11H19NO5S/c1-18(16,17)7-3-6-12-10(13)8-4-2-5-9(8)11(14)15/h8-9H,2-7H2,1H3,(H,12,13)(H,14,15). The van der Waals surface area contributed by atoms with E-state index in [1.165, 1.54) is 0 Å². The molecule has 1 amide bonds. The Morgan fingerprint density at radius 3 is 2.44 bits per heavy atom. The number of nitrogens with one attached hydrogen (secondary N) is 1. The first-order chi connectivity index (χ1) is 8.31. The molecule has 104 valence electrons. The lowest BCUT2D eigenvalue weighted by Gasteiger charge is -2.15. The van der Waals surface area contributed by atoms with E-state index in [2.05, 4.69) is 5.32 Å². The molecule has 1 aliphatic carbocycles. The van der Waals surface area contributed by atoms with Crippen molar-refractivity contribution in [1.29, 1.82) is 0 Å². The van der Waals surface area contributed by atoms with Crippen LogP contribution in [0.5, 0.6) is 0 Å². The zero-order valence-electron chi connectivity index (χ0n) is 10.4. The highest BCUT2D eigenvalue weighted by atomic mass is 32.2. The molecule has 1 aliphatic rings. The summed E-state index contributed by atoms with van der Waals surface area (Å²) in [7, 11) is -3.01. The molecule has 0 aliphatic heterocycles. The topological polar surface area (TPSA) is 101 Å². The molecule has 0 heterocycles. The minimum absolute atomic E-state index is 0.0281. The Hall–Kier alpha value is -1.11. The number of rotatable bonds is 6. The van der Waals surface area contributed by atoms with Gasteiger partial charge >= 0.3 is 5.97 Å². The summed E-state index contributed by atoms with van der Waals surface area (Å²) in [5, 5.41) is 11.6. The molecule has 2 unspecified atom stereocenters. The predicted octanol–water partition coefficient (Wildman–Crippen LogP) is 0.0382. The Bertz CT molecular complexity index is 417. The number of aliphatic carboxylic acids is 1. The van der Waals surface area contributed by atoms with E-state index >= 15 is 0 Å². The summed E-state index contributed by atoms with van der Waals surface area (Å²) in [4.78, 5) is 22.7. The summed E-state index contributed by atoms with van der Waals surface area (Å²) in [5.74, 6) is -2.24. The molecule has 0 saturated heterocycles. The number of hydrogen-bond donors (Lipinski definition) is 2. The summed E-state index contributed by atoms with van der Waals surface area (Å²) in [6, 6.07) is 0. The number of carbonyl (C=O) groups excluding carboxylic acids is 1. The molecular formula is C11H19NO5S. The van der Waals surface area contributed by atoms with Crippen LogP contribution in [-0.4, -0.2) is 44.0 Å². The van der Waals surface area contributed by atoms with Gasteiger partial charge in [-0.15, -0.1) is 0 Å². The van der Waals surface area contributed by atoms with Crippen molar-refractivity contribution >= 4 is 21.7 Å². The number of carboxylic acid groups (broad SMARTS) is 1. The van der Waals surface area contributed by atoms with E-state index < -0.39 is 27.6 Å². The number of sulfone groups is 1. The van der Waals surface area contributed by atoms with E-state index in [0.29, 0.717) is 19.3 Å². The highest BCUT2D eigenvalue weighted by Crippen LogP contribution is 2.31. The van der Waals surface area contributed by atoms with Gasteiger partial charge in [0, 0.05) is 12.8 Å². The predicted molar refractivity (Wildman–Crippen MR) is 65.8 cm³/mol. The van der Waals surface area contributed by atoms with Crippen molar-refractivity contribution < 1.29 is 23.1 Å². The van der Waals surface area contributed by atoms with Gasteiger partial charge in [-0.2, -0.15) is 0 Å². The third-order valence-electron chi connectivity index (χ3n) is 3.16. The van der Waals surface area contributed by atoms with Gasteiger partial charge in [0.15, 0.2) is 0 Å². The van der Waals surface area contributed by atoms with Crippen LogP contribution in [0, 0.1) is 11.8 Å². The normalized spacial score (nSPS) is 23.8. The van der Waals surface area contributed by atoms with Crippen LogP contribution in [0.25, 0.3) is 0 Å². The molecule has 1 fully saturated rings. The van der Waals surface area contributed by atoms with Crippen LogP contribution in [0.1, 0.15) is 25.7 Å².